The van der Waals surface area contributed by atoms with Crippen LogP contribution in [0.25, 0.3) is 0 Å². The maximum Gasteiger partial charge on any atom is 0.119 e. The summed E-state index contributed by atoms with van der Waals surface area (Å²) < 4.78 is 6.92. The number of halogens is 1. The minimum atomic E-state index is 0.494. The third kappa shape index (κ3) is 5.18. The van der Waals surface area contributed by atoms with Crippen LogP contribution in [0.2, 0.25) is 0 Å². The molecule has 0 aliphatic rings. The first-order valence-electron chi connectivity index (χ1n) is 7.25. The van der Waals surface area contributed by atoms with Gasteiger partial charge in [0.2, 0.25) is 0 Å². The fourth-order valence-electron chi connectivity index (χ4n) is 1.94. The van der Waals surface area contributed by atoms with E-state index < -0.39 is 0 Å². The number of hydrogen-bond acceptors (Lipinski definition) is 2. The topological polar surface area (TPSA) is 21.3 Å². The predicted molar refractivity (Wildman–Crippen MR) is 91.6 cm³/mol. The number of benzene rings is 2. The third-order valence-corrected chi connectivity index (χ3v) is 3.99. The van der Waals surface area contributed by atoms with Gasteiger partial charge in [0.05, 0.1) is 0 Å². The molecular weight excluding hydrogens is 326 g/mol. The highest BCUT2D eigenvalue weighted by atomic mass is 79.9. The number of rotatable bonds is 6. The summed E-state index contributed by atoms with van der Waals surface area (Å²) in [6.45, 7) is 7.83. The van der Waals surface area contributed by atoms with Crippen molar-refractivity contribution in [1.82, 2.24) is 5.32 Å². The molecule has 0 aromatic heterocycles. The lowest BCUT2D eigenvalue weighted by molar-refractivity contribution is 0.305. The highest BCUT2D eigenvalue weighted by Crippen LogP contribution is 2.21. The van der Waals surface area contributed by atoms with Crippen LogP contribution in [0.3, 0.4) is 0 Å². The van der Waals surface area contributed by atoms with Gasteiger partial charge >= 0.3 is 0 Å². The van der Waals surface area contributed by atoms with Gasteiger partial charge in [-0.15, -0.1) is 0 Å². The Labute approximate surface area is 135 Å². The van der Waals surface area contributed by atoms with Crippen molar-refractivity contribution < 1.29 is 4.74 Å². The van der Waals surface area contributed by atoms with Gasteiger partial charge in [0, 0.05) is 22.6 Å². The van der Waals surface area contributed by atoms with Crippen molar-refractivity contribution in [2.75, 3.05) is 0 Å². The van der Waals surface area contributed by atoms with Crippen LogP contribution in [0, 0.1) is 6.92 Å². The summed E-state index contributed by atoms with van der Waals surface area (Å²) in [5, 5.41) is 3.42. The van der Waals surface area contributed by atoms with Gasteiger partial charge in [-0.25, -0.2) is 0 Å². The van der Waals surface area contributed by atoms with Crippen LogP contribution in [-0.2, 0) is 13.2 Å². The van der Waals surface area contributed by atoms with Gasteiger partial charge < -0.3 is 10.1 Å². The van der Waals surface area contributed by atoms with Crippen molar-refractivity contribution in [3.63, 3.8) is 0 Å². The molecule has 0 saturated carbocycles. The number of hydrogen-bond donors (Lipinski definition) is 1. The van der Waals surface area contributed by atoms with E-state index in [-0.39, 0.29) is 0 Å². The Kier molecular flexibility index (Phi) is 5.83. The molecule has 0 radical (unpaired) electrons. The number of nitrogens with one attached hydrogen (secondary N) is 1. The van der Waals surface area contributed by atoms with E-state index in [1.54, 1.807) is 0 Å². The van der Waals surface area contributed by atoms with Crippen molar-refractivity contribution in [2.24, 2.45) is 0 Å². The molecule has 0 aliphatic carbocycles. The first kappa shape index (κ1) is 16.1. The molecule has 112 valence electrons. The maximum atomic E-state index is 5.82. The van der Waals surface area contributed by atoms with E-state index in [0.717, 1.165) is 22.3 Å². The minimum absolute atomic E-state index is 0.494. The molecule has 1 N–H and O–H groups in total. The van der Waals surface area contributed by atoms with E-state index in [0.29, 0.717) is 12.6 Å². The summed E-state index contributed by atoms with van der Waals surface area (Å²) in [4.78, 5) is 0. The third-order valence-electron chi connectivity index (χ3n) is 3.25. The van der Waals surface area contributed by atoms with Crippen molar-refractivity contribution in [3.8, 4) is 5.75 Å². The van der Waals surface area contributed by atoms with E-state index in [1.165, 1.54) is 11.1 Å². The lowest BCUT2D eigenvalue weighted by atomic mass is 10.1. The molecule has 0 bridgehead atoms. The van der Waals surface area contributed by atoms with Gasteiger partial charge in [0.25, 0.3) is 0 Å². The van der Waals surface area contributed by atoms with Gasteiger partial charge in [-0.2, -0.15) is 0 Å². The Hall–Kier alpha value is -1.32. The second kappa shape index (κ2) is 7.62. The minimum Gasteiger partial charge on any atom is -0.489 e. The van der Waals surface area contributed by atoms with Crippen molar-refractivity contribution >= 4 is 15.9 Å². The molecule has 2 aromatic rings. The second-order valence-corrected chi connectivity index (χ2v) is 6.42. The van der Waals surface area contributed by atoms with Crippen LogP contribution >= 0.6 is 15.9 Å². The van der Waals surface area contributed by atoms with Crippen LogP contribution in [-0.4, -0.2) is 6.04 Å². The fourth-order valence-corrected chi connectivity index (χ4v) is 2.48. The van der Waals surface area contributed by atoms with Crippen LogP contribution < -0.4 is 10.1 Å². The van der Waals surface area contributed by atoms with Crippen molar-refractivity contribution in [3.05, 3.63) is 63.6 Å². The molecule has 2 rings (SSSR count). The normalized spacial score (nSPS) is 10.9. The standard InChI is InChI=1S/C18H22BrNO/c1-13(2)20-11-15-6-7-16(18(19)10-15)12-21-17-8-4-14(3)5-9-17/h4-10,13,20H,11-12H2,1-3H3. The lowest BCUT2D eigenvalue weighted by Gasteiger charge is -2.11. The Morgan fingerprint density at radius 1 is 1.10 bits per heavy atom. The molecule has 21 heavy (non-hydrogen) atoms. The molecule has 2 aromatic carbocycles. The second-order valence-electron chi connectivity index (χ2n) is 5.56. The average Bonchev–Trinajstić information content (AvgIpc) is 2.46. The summed E-state index contributed by atoms with van der Waals surface area (Å²) in [7, 11) is 0. The summed E-state index contributed by atoms with van der Waals surface area (Å²) in [5.74, 6) is 0.901. The van der Waals surface area contributed by atoms with Gasteiger partial charge in [-0.05, 0) is 30.7 Å². The highest BCUT2D eigenvalue weighted by Gasteiger charge is 2.04. The van der Waals surface area contributed by atoms with E-state index >= 15 is 0 Å². The molecular formula is C18H22BrNO. The molecule has 0 heterocycles. The number of aryl methyl sites for hydroxylation is 1. The zero-order valence-corrected chi connectivity index (χ0v) is 14.4. The van der Waals surface area contributed by atoms with Gasteiger partial charge in [0.1, 0.15) is 12.4 Å². The fraction of sp³-hybridized carbons (Fsp3) is 0.333. The first-order chi connectivity index (χ1) is 10.0. The highest BCUT2D eigenvalue weighted by molar-refractivity contribution is 9.10. The van der Waals surface area contributed by atoms with Crippen LogP contribution in [0.15, 0.2) is 46.9 Å². The molecule has 0 amide bonds. The summed E-state index contributed by atoms with van der Waals surface area (Å²) >= 11 is 3.63. The van der Waals surface area contributed by atoms with Crippen LogP contribution in [0.5, 0.6) is 5.75 Å². The molecule has 3 heteroatoms. The molecule has 0 atom stereocenters. The first-order valence-corrected chi connectivity index (χ1v) is 8.04. The van der Waals surface area contributed by atoms with E-state index in [2.05, 4.69) is 72.3 Å². The van der Waals surface area contributed by atoms with Gasteiger partial charge in [-0.1, -0.05) is 59.6 Å². The van der Waals surface area contributed by atoms with Crippen LogP contribution in [0.1, 0.15) is 30.5 Å². The predicted octanol–water partition coefficient (Wildman–Crippen LogP) is 4.83. The smallest absolute Gasteiger partial charge is 0.119 e. The van der Waals surface area contributed by atoms with Crippen LogP contribution in [0.4, 0.5) is 0 Å². The zero-order chi connectivity index (χ0) is 15.2. The molecule has 2 nitrogen and oxygen atoms in total. The van der Waals surface area contributed by atoms with E-state index in [4.69, 9.17) is 4.74 Å². The average molecular weight is 348 g/mol. The molecule has 0 spiro atoms. The summed E-state index contributed by atoms with van der Waals surface area (Å²) in [5.41, 5.74) is 3.67. The maximum absolute atomic E-state index is 5.82. The van der Waals surface area contributed by atoms with E-state index in [9.17, 15) is 0 Å². The van der Waals surface area contributed by atoms with Gasteiger partial charge in [-0.3, -0.25) is 0 Å². The molecule has 0 fully saturated rings. The van der Waals surface area contributed by atoms with Gasteiger partial charge in [0.15, 0.2) is 0 Å². The number of ether oxygens (including phenoxy) is 1. The molecule has 0 unspecified atom stereocenters. The summed E-state index contributed by atoms with van der Waals surface area (Å²) in [6, 6.07) is 15.0. The Balaban J connectivity index is 1.95. The zero-order valence-electron chi connectivity index (χ0n) is 12.8. The summed E-state index contributed by atoms with van der Waals surface area (Å²) in [6.07, 6.45) is 0. The van der Waals surface area contributed by atoms with E-state index in [1.807, 2.05) is 12.1 Å². The SMILES string of the molecule is Cc1ccc(OCc2ccc(CNC(C)C)cc2Br)cc1. The van der Waals surface area contributed by atoms with Crippen molar-refractivity contribution in [1.29, 1.82) is 0 Å². The Morgan fingerprint density at radius 2 is 1.81 bits per heavy atom. The molecule has 0 aliphatic heterocycles. The quantitative estimate of drug-likeness (QED) is 0.807. The lowest BCUT2D eigenvalue weighted by Crippen LogP contribution is -2.21. The Bertz CT molecular complexity index is 578. The van der Waals surface area contributed by atoms with Crippen molar-refractivity contribution in [2.45, 2.75) is 40.0 Å². The molecule has 0 saturated heterocycles. The largest absolute Gasteiger partial charge is 0.489 e. The monoisotopic (exact) mass is 347 g/mol. The Morgan fingerprint density at radius 3 is 2.43 bits per heavy atom.